The van der Waals surface area contributed by atoms with Crippen LogP contribution in [0.2, 0.25) is 0 Å². The molecule has 0 aliphatic heterocycles. The zero-order valence-corrected chi connectivity index (χ0v) is 9.29. The number of fused-ring (bicyclic) bond motifs is 1. The third kappa shape index (κ3) is 1.17. The predicted octanol–water partition coefficient (Wildman–Crippen LogP) is 2.09. The lowest BCUT2D eigenvalue weighted by molar-refractivity contribution is -0.209. The van der Waals surface area contributed by atoms with Gasteiger partial charge < -0.3 is 10.2 Å². The first-order valence-corrected chi connectivity index (χ1v) is 5.91. The summed E-state index contributed by atoms with van der Waals surface area (Å²) in [7, 11) is 0. The van der Waals surface area contributed by atoms with Crippen LogP contribution in [-0.2, 0) is 0 Å². The number of aliphatic hydroxyl groups excluding tert-OH is 1. The van der Waals surface area contributed by atoms with Crippen LogP contribution in [0, 0.1) is 11.3 Å². The van der Waals surface area contributed by atoms with E-state index in [0.29, 0.717) is 5.92 Å². The monoisotopic (exact) mass is 198 g/mol. The van der Waals surface area contributed by atoms with Gasteiger partial charge in [0, 0.05) is 5.41 Å². The van der Waals surface area contributed by atoms with Crippen molar-refractivity contribution in [2.24, 2.45) is 11.3 Å². The van der Waals surface area contributed by atoms with E-state index in [2.05, 4.69) is 13.8 Å². The van der Waals surface area contributed by atoms with Gasteiger partial charge in [-0.15, -0.1) is 0 Å². The van der Waals surface area contributed by atoms with Crippen molar-refractivity contribution in [1.29, 1.82) is 0 Å². The Kier molecular flexibility index (Phi) is 2.39. The van der Waals surface area contributed by atoms with Gasteiger partial charge >= 0.3 is 0 Å². The molecule has 2 heteroatoms. The molecule has 2 aliphatic carbocycles. The van der Waals surface area contributed by atoms with Gasteiger partial charge in [-0.2, -0.15) is 0 Å². The maximum Gasteiger partial charge on any atom is 0.0751 e. The summed E-state index contributed by atoms with van der Waals surface area (Å²) in [5.74, 6) is 0.344. The Balaban J connectivity index is 2.33. The van der Waals surface area contributed by atoms with Gasteiger partial charge in [-0.3, -0.25) is 0 Å². The lowest BCUT2D eigenvalue weighted by Crippen LogP contribution is -2.61. The van der Waals surface area contributed by atoms with Crippen molar-refractivity contribution in [3.8, 4) is 0 Å². The van der Waals surface area contributed by atoms with Crippen LogP contribution in [0.4, 0.5) is 0 Å². The molecule has 2 N–H and O–H groups in total. The molecule has 0 bridgehead atoms. The maximum absolute atomic E-state index is 10.7. The molecule has 2 rings (SSSR count). The molecule has 14 heavy (non-hydrogen) atoms. The Morgan fingerprint density at radius 3 is 2.43 bits per heavy atom. The van der Waals surface area contributed by atoms with Crippen LogP contribution in [0.15, 0.2) is 0 Å². The lowest BCUT2D eigenvalue weighted by Gasteiger charge is -2.57. The molecule has 4 atom stereocenters. The zero-order valence-electron chi connectivity index (χ0n) is 9.29. The van der Waals surface area contributed by atoms with Gasteiger partial charge in [-0.05, 0) is 38.0 Å². The normalized spacial score (nSPS) is 54.0. The topological polar surface area (TPSA) is 40.5 Å². The number of aliphatic hydroxyl groups is 2. The summed E-state index contributed by atoms with van der Waals surface area (Å²) in [4.78, 5) is 0. The molecule has 0 spiro atoms. The highest BCUT2D eigenvalue weighted by atomic mass is 16.3. The average Bonchev–Trinajstić information content (AvgIpc) is 2.13. The first-order valence-electron chi connectivity index (χ1n) is 5.91. The molecule has 82 valence electrons. The zero-order chi connectivity index (χ0) is 10.4. The molecule has 0 amide bonds. The Morgan fingerprint density at radius 2 is 1.79 bits per heavy atom. The van der Waals surface area contributed by atoms with Crippen molar-refractivity contribution in [1.82, 2.24) is 0 Å². The van der Waals surface area contributed by atoms with Gasteiger partial charge in [0.25, 0.3) is 0 Å². The molecule has 2 saturated carbocycles. The second-order valence-corrected chi connectivity index (χ2v) is 5.54. The van der Waals surface area contributed by atoms with E-state index in [1.54, 1.807) is 0 Å². The summed E-state index contributed by atoms with van der Waals surface area (Å²) in [5, 5.41) is 20.8. The van der Waals surface area contributed by atoms with Crippen molar-refractivity contribution in [3.63, 3.8) is 0 Å². The van der Waals surface area contributed by atoms with Crippen LogP contribution in [0.5, 0.6) is 0 Å². The van der Waals surface area contributed by atoms with Crippen molar-refractivity contribution in [3.05, 3.63) is 0 Å². The van der Waals surface area contributed by atoms with Crippen LogP contribution in [0.3, 0.4) is 0 Å². The fraction of sp³-hybridized carbons (Fsp3) is 1.00. The lowest BCUT2D eigenvalue weighted by atomic mass is 9.53. The molecule has 0 aromatic heterocycles. The molecule has 2 aliphatic rings. The SMILES string of the molecule is C[C@H]1CCC[C@@]2(C)[C@H](O)CCC[C@]12O. The van der Waals surface area contributed by atoms with Crippen molar-refractivity contribution < 1.29 is 10.2 Å². The standard InChI is InChI=1S/C12H22O2/c1-9-5-3-7-11(2)10(13)6-4-8-12(9,11)14/h9-10,13-14H,3-8H2,1-2H3/t9-,10+,11-,12-/m0/s1. The van der Waals surface area contributed by atoms with Gasteiger partial charge in [0.1, 0.15) is 0 Å². The largest absolute Gasteiger partial charge is 0.392 e. The third-order valence-electron chi connectivity index (χ3n) is 4.91. The van der Waals surface area contributed by atoms with Gasteiger partial charge in [-0.1, -0.05) is 20.3 Å². The summed E-state index contributed by atoms with van der Waals surface area (Å²) < 4.78 is 0. The van der Waals surface area contributed by atoms with E-state index in [4.69, 9.17) is 0 Å². The molecule has 2 fully saturated rings. The second-order valence-electron chi connectivity index (χ2n) is 5.54. The van der Waals surface area contributed by atoms with Gasteiger partial charge in [0.15, 0.2) is 0 Å². The predicted molar refractivity (Wildman–Crippen MR) is 55.9 cm³/mol. The van der Waals surface area contributed by atoms with E-state index in [9.17, 15) is 10.2 Å². The fourth-order valence-corrected chi connectivity index (χ4v) is 3.66. The fourth-order valence-electron chi connectivity index (χ4n) is 3.66. The Morgan fingerprint density at radius 1 is 1.14 bits per heavy atom. The quantitative estimate of drug-likeness (QED) is 0.625. The number of rotatable bonds is 0. The molecule has 0 aromatic rings. The Hall–Kier alpha value is -0.0800. The molecule has 2 nitrogen and oxygen atoms in total. The summed E-state index contributed by atoms with van der Waals surface area (Å²) in [6.45, 7) is 4.21. The second kappa shape index (κ2) is 3.21. The molecule has 0 unspecified atom stereocenters. The van der Waals surface area contributed by atoms with Gasteiger partial charge in [0.05, 0.1) is 11.7 Å². The van der Waals surface area contributed by atoms with Crippen LogP contribution in [0.25, 0.3) is 0 Å². The van der Waals surface area contributed by atoms with Crippen molar-refractivity contribution >= 4 is 0 Å². The van der Waals surface area contributed by atoms with E-state index in [0.717, 1.165) is 38.5 Å². The third-order valence-corrected chi connectivity index (χ3v) is 4.91. The minimum absolute atomic E-state index is 0.247. The number of hydrogen-bond donors (Lipinski definition) is 2. The number of hydrogen-bond acceptors (Lipinski definition) is 2. The summed E-state index contributed by atoms with van der Waals surface area (Å²) in [6, 6.07) is 0. The van der Waals surface area contributed by atoms with E-state index < -0.39 is 5.60 Å². The van der Waals surface area contributed by atoms with Crippen molar-refractivity contribution in [2.45, 2.75) is 64.1 Å². The van der Waals surface area contributed by atoms with Crippen LogP contribution >= 0.6 is 0 Å². The molecule has 0 saturated heterocycles. The van der Waals surface area contributed by atoms with Crippen LogP contribution in [-0.4, -0.2) is 21.9 Å². The molecule has 0 heterocycles. The molecular weight excluding hydrogens is 176 g/mol. The first kappa shape index (κ1) is 10.4. The minimum Gasteiger partial charge on any atom is -0.392 e. The Bertz CT molecular complexity index is 204. The summed E-state index contributed by atoms with van der Waals surface area (Å²) in [5.41, 5.74) is -0.855. The summed E-state index contributed by atoms with van der Waals surface area (Å²) >= 11 is 0. The van der Waals surface area contributed by atoms with Gasteiger partial charge in [-0.25, -0.2) is 0 Å². The highest BCUT2D eigenvalue weighted by Gasteiger charge is 2.57. The van der Waals surface area contributed by atoms with Gasteiger partial charge in [0.2, 0.25) is 0 Å². The van der Waals surface area contributed by atoms with E-state index in [1.165, 1.54) is 0 Å². The molecule has 0 aromatic carbocycles. The Labute approximate surface area is 86.3 Å². The minimum atomic E-state index is -0.608. The highest BCUT2D eigenvalue weighted by Crippen LogP contribution is 2.55. The molecule has 0 radical (unpaired) electrons. The first-order chi connectivity index (χ1) is 6.51. The maximum atomic E-state index is 10.7. The molecular formula is C12H22O2. The highest BCUT2D eigenvalue weighted by molar-refractivity contribution is 5.07. The van der Waals surface area contributed by atoms with Crippen LogP contribution < -0.4 is 0 Å². The smallest absolute Gasteiger partial charge is 0.0751 e. The van der Waals surface area contributed by atoms with E-state index in [-0.39, 0.29) is 11.5 Å². The van der Waals surface area contributed by atoms with E-state index >= 15 is 0 Å². The van der Waals surface area contributed by atoms with Crippen LogP contribution in [0.1, 0.15) is 52.4 Å². The van der Waals surface area contributed by atoms with Crippen molar-refractivity contribution in [2.75, 3.05) is 0 Å². The van der Waals surface area contributed by atoms with E-state index in [1.807, 2.05) is 0 Å². The average molecular weight is 198 g/mol. The summed E-state index contributed by atoms with van der Waals surface area (Å²) in [6.07, 6.45) is 5.65.